The molecule has 0 saturated heterocycles. The molecule has 68 valence electrons. The van der Waals surface area contributed by atoms with Crippen molar-refractivity contribution in [2.75, 3.05) is 7.11 Å². The highest BCUT2D eigenvalue weighted by Gasteiger charge is 2.00. The van der Waals surface area contributed by atoms with Crippen LogP contribution in [-0.4, -0.2) is 12.9 Å². The molecule has 0 fully saturated rings. The molecule has 2 nitrogen and oxygen atoms in total. The normalized spacial score (nSPS) is 10.3. The fraction of sp³-hybridized carbons (Fsp3) is 0.100. The zero-order chi connectivity index (χ0) is 9.68. The van der Waals surface area contributed by atoms with Crippen LogP contribution < -0.4 is 4.74 Å². The van der Waals surface area contributed by atoms with Crippen LogP contribution in [0.25, 0.3) is 0 Å². The smallest absolute Gasteiger partial charge is 0.186 e. The predicted octanol–water partition coefficient (Wildman–Crippen LogP) is 2.63. The van der Waals surface area contributed by atoms with Crippen molar-refractivity contribution in [1.82, 2.24) is 0 Å². The topological polar surface area (TPSA) is 26.3 Å². The maximum atomic E-state index is 11.2. The fourth-order valence-electron chi connectivity index (χ4n) is 0.909. The quantitative estimate of drug-likeness (QED) is 0.549. The van der Waals surface area contributed by atoms with Crippen molar-refractivity contribution in [3.05, 3.63) is 41.4 Å². The summed E-state index contributed by atoms with van der Waals surface area (Å²) in [6.07, 6.45) is 1.31. The largest absolute Gasteiger partial charge is 0.497 e. The Kier molecular flexibility index (Phi) is 3.53. The van der Waals surface area contributed by atoms with Crippen LogP contribution in [0.4, 0.5) is 0 Å². The van der Waals surface area contributed by atoms with Gasteiger partial charge < -0.3 is 4.74 Å². The van der Waals surface area contributed by atoms with Gasteiger partial charge in [-0.25, -0.2) is 0 Å². The zero-order valence-corrected chi connectivity index (χ0v) is 7.91. The number of allylic oxidation sites excluding steroid dienone is 1. The van der Waals surface area contributed by atoms with Gasteiger partial charge in [-0.3, -0.25) is 4.79 Å². The molecular weight excluding hydrogens is 188 g/mol. The summed E-state index contributed by atoms with van der Waals surface area (Å²) in [6.45, 7) is 0. The highest BCUT2D eigenvalue weighted by molar-refractivity contribution is 6.27. The molecule has 1 aromatic rings. The van der Waals surface area contributed by atoms with Gasteiger partial charge in [-0.2, -0.15) is 0 Å². The second-order valence-corrected chi connectivity index (χ2v) is 2.64. The lowest BCUT2D eigenvalue weighted by Crippen LogP contribution is -1.93. The molecule has 0 amide bonds. The van der Waals surface area contributed by atoms with Gasteiger partial charge in [0.05, 0.1) is 7.11 Å². The molecule has 0 aliphatic heterocycles. The fourth-order valence-corrected chi connectivity index (χ4v) is 1.02. The number of ketones is 1. The van der Waals surface area contributed by atoms with Crippen LogP contribution in [0.2, 0.25) is 0 Å². The lowest BCUT2D eigenvalue weighted by atomic mass is 10.1. The van der Waals surface area contributed by atoms with Gasteiger partial charge in [0.15, 0.2) is 5.78 Å². The molecule has 0 bridgehead atoms. The van der Waals surface area contributed by atoms with E-state index in [2.05, 4.69) is 0 Å². The Morgan fingerprint density at radius 2 is 2.00 bits per heavy atom. The first kappa shape index (κ1) is 9.81. The number of benzene rings is 1. The number of carbonyl (C=O) groups is 1. The van der Waals surface area contributed by atoms with Gasteiger partial charge in [-0.1, -0.05) is 11.6 Å². The van der Waals surface area contributed by atoms with Crippen molar-refractivity contribution < 1.29 is 9.53 Å². The van der Waals surface area contributed by atoms with Crippen LogP contribution in [0.15, 0.2) is 35.9 Å². The number of halogens is 1. The number of hydrogen-bond acceptors (Lipinski definition) is 2. The van der Waals surface area contributed by atoms with E-state index in [4.69, 9.17) is 16.3 Å². The Morgan fingerprint density at radius 1 is 1.38 bits per heavy atom. The maximum Gasteiger partial charge on any atom is 0.186 e. The summed E-state index contributed by atoms with van der Waals surface area (Å²) in [5.74, 6) is 0.615. The van der Waals surface area contributed by atoms with E-state index in [9.17, 15) is 4.79 Å². The molecule has 0 heterocycles. The van der Waals surface area contributed by atoms with Gasteiger partial charge >= 0.3 is 0 Å². The highest BCUT2D eigenvalue weighted by Crippen LogP contribution is 2.11. The number of methoxy groups -OCH3 is 1. The molecule has 0 aromatic heterocycles. The minimum atomic E-state index is -0.113. The second kappa shape index (κ2) is 4.67. The lowest BCUT2D eigenvalue weighted by molar-refractivity contribution is 0.104. The zero-order valence-electron chi connectivity index (χ0n) is 7.16. The number of carbonyl (C=O) groups excluding carboxylic acids is 1. The van der Waals surface area contributed by atoms with Crippen LogP contribution in [0.5, 0.6) is 5.75 Å². The van der Waals surface area contributed by atoms with Crippen molar-refractivity contribution in [3.63, 3.8) is 0 Å². The first-order valence-electron chi connectivity index (χ1n) is 3.73. The minimum absolute atomic E-state index is 0.113. The molecule has 0 radical (unpaired) electrons. The van der Waals surface area contributed by atoms with Crippen LogP contribution in [0, 0.1) is 0 Å². The van der Waals surface area contributed by atoms with Crippen molar-refractivity contribution in [3.8, 4) is 5.75 Å². The molecule has 0 saturated carbocycles. The summed E-state index contributed by atoms with van der Waals surface area (Å²) in [5.41, 5.74) is 1.80. The third-order valence-electron chi connectivity index (χ3n) is 1.59. The van der Waals surface area contributed by atoms with E-state index < -0.39 is 0 Å². The van der Waals surface area contributed by atoms with E-state index >= 15 is 0 Å². The van der Waals surface area contributed by atoms with Crippen LogP contribution in [0.1, 0.15) is 10.4 Å². The van der Waals surface area contributed by atoms with Gasteiger partial charge in [0.2, 0.25) is 0 Å². The van der Waals surface area contributed by atoms with Crippen molar-refractivity contribution in [1.29, 1.82) is 0 Å². The Hall–Kier alpha value is -1.28. The number of rotatable bonds is 3. The maximum absolute atomic E-state index is 11.2. The van der Waals surface area contributed by atoms with Gasteiger partial charge in [-0.15, -0.1) is 0 Å². The van der Waals surface area contributed by atoms with E-state index in [-0.39, 0.29) is 5.78 Å². The van der Waals surface area contributed by atoms with Gasteiger partial charge in [0.1, 0.15) is 5.75 Å². The van der Waals surface area contributed by atoms with Crippen molar-refractivity contribution in [2.45, 2.75) is 0 Å². The standard InChI is InChI=1S/C10H9ClO2/c1-13-9-4-2-8(3-5-9)10(12)6-7-11/h2-7H,1H3/b7-6+. The molecule has 0 aliphatic rings. The Morgan fingerprint density at radius 3 is 2.46 bits per heavy atom. The van der Waals surface area contributed by atoms with E-state index in [1.54, 1.807) is 31.4 Å². The van der Waals surface area contributed by atoms with E-state index in [0.717, 1.165) is 5.75 Å². The van der Waals surface area contributed by atoms with Crippen molar-refractivity contribution >= 4 is 17.4 Å². The molecule has 0 N–H and O–H groups in total. The summed E-state index contributed by atoms with van der Waals surface area (Å²) in [5, 5.41) is 0. The first-order valence-corrected chi connectivity index (χ1v) is 4.16. The average molecular weight is 197 g/mol. The number of hydrogen-bond donors (Lipinski definition) is 0. The Labute approximate surface area is 81.8 Å². The summed E-state index contributed by atoms with van der Waals surface area (Å²) >= 11 is 5.28. The number of ether oxygens (including phenoxy) is 1. The molecule has 1 aromatic carbocycles. The summed E-state index contributed by atoms with van der Waals surface area (Å²) in [4.78, 5) is 11.2. The minimum Gasteiger partial charge on any atom is -0.497 e. The summed E-state index contributed by atoms with van der Waals surface area (Å²) in [6, 6.07) is 6.85. The van der Waals surface area contributed by atoms with Gasteiger partial charge in [-0.05, 0) is 30.3 Å². The molecule has 13 heavy (non-hydrogen) atoms. The summed E-state index contributed by atoms with van der Waals surface area (Å²) < 4.78 is 4.95. The monoisotopic (exact) mass is 196 g/mol. The third kappa shape index (κ3) is 2.60. The summed E-state index contributed by atoms with van der Waals surface area (Å²) in [7, 11) is 1.58. The molecule has 1 rings (SSSR count). The molecule has 0 atom stereocenters. The van der Waals surface area contributed by atoms with E-state index in [0.29, 0.717) is 5.56 Å². The Bertz CT molecular complexity index is 314. The predicted molar refractivity (Wildman–Crippen MR) is 52.3 cm³/mol. The van der Waals surface area contributed by atoms with Gasteiger partial charge in [0, 0.05) is 11.1 Å². The average Bonchev–Trinajstić information content (AvgIpc) is 2.18. The third-order valence-corrected chi connectivity index (χ3v) is 1.71. The van der Waals surface area contributed by atoms with Crippen LogP contribution >= 0.6 is 11.6 Å². The van der Waals surface area contributed by atoms with E-state index in [1.165, 1.54) is 11.6 Å². The SMILES string of the molecule is COc1ccc(C(=O)/C=C/Cl)cc1. The second-order valence-electron chi connectivity index (χ2n) is 2.39. The molecular formula is C10H9ClO2. The van der Waals surface area contributed by atoms with Crippen LogP contribution in [-0.2, 0) is 0 Å². The Balaban J connectivity index is 2.85. The molecule has 0 aliphatic carbocycles. The molecule has 0 spiro atoms. The van der Waals surface area contributed by atoms with E-state index in [1.807, 2.05) is 0 Å². The van der Waals surface area contributed by atoms with Crippen molar-refractivity contribution in [2.24, 2.45) is 0 Å². The first-order chi connectivity index (χ1) is 6.27. The molecule has 3 heteroatoms. The highest BCUT2D eigenvalue weighted by atomic mass is 35.5. The van der Waals surface area contributed by atoms with Gasteiger partial charge in [0.25, 0.3) is 0 Å². The molecule has 0 unspecified atom stereocenters. The van der Waals surface area contributed by atoms with Crippen LogP contribution in [0.3, 0.4) is 0 Å². The lowest BCUT2D eigenvalue weighted by Gasteiger charge is -1.99.